The van der Waals surface area contributed by atoms with Gasteiger partial charge in [-0.05, 0) is 20.8 Å². The third kappa shape index (κ3) is 1.66. The molecule has 54 valence electrons. The van der Waals surface area contributed by atoms with Gasteiger partial charge in [-0.1, -0.05) is 0 Å². The minimum absolute atomic E-state index is 0.619. The predicted molar refractivity (Wildman–Crippen MR) is 39.5 cm³/mol. The molecule has 1 aliphatic rings. The van der Waals surface area contributed by atoms with Crippen LogP contribution in [0.2, 0.25) is 0 Å². The summed E-state index contributed by atoms with van der Waals surface area (Å²) in [6.07, 6.45) is 0. The second-order valence-corrected chi connectivity index (χ2v) is 3.05. The monoisotopic (exact) mass is 128 g/mol. The Morgan fingerprint density at radius 3 is 2.22 bits per heavy atom. The van der Waals surface area contributed by atoms with Crippen molar-refractivity contribution in [2.75, 3.05) is 6.54 Å². The SMILES string of the molecule is C[C@@H]1CN[C@@H](C)[C@H](C)N1. The maximum absolute atomic E-state index is 3.47. The van der Waals surface area contributed by atoms with Crippen molar-refractivity contribution in [2.45, 2.75) is 38.9 Å². The van der Waals surface area contributed by atoms with Crippen molar-refractivity contribution in [1.29, 1.82) is 0 Å². The highest BCUT2D eigenvalue weighted by atomic mass is 15.1. The van der Waals surface area contributed by atoms with Crippen molar-refractivity contribution in [2.24, 2.45) is 0 Å². The molecule has 0 aliphatic carbocycles. The molecule has 0 unspecified atom stereocenters. The lowest BCUT2D eigenvalue weighted by atomic mass is 10.1. The Kier molecular flexibility index (Phi) is 2.09. The zero-order chi connectivity index (χ0) is 6.85. The van der Waals surface area contributed by atoms with Gasteiger partial charge in [-0.25, -0.2) is 0 Å². The fraction of sp³-hybridized carbons (Fsp3) is 1.00. The summed E-state index contributed by atoms with van der Waals surface area (Å²) in [7, 11) is 0. The van der Waals surface area contributed by atoms with Crippen LogP contribution in [-0.2, 0) is 0 Å². The Morgan fingerprint density at radius 1 is 1.11 bits per heavy atom. The van der Waals surface area contributed by atoms with E-state index in [2.05, 4.69) is 31.4 Å². The molecular weight excluding hydrogens is 112 g/mol. The zero-order valence-electron chi connectivity index (χ0n) is 6.44. The summed E-state index contributed by atoms with van der Waals surface area (Å²) in [5.41, 5.74) is 0. The lowest BCUT2D eigenvalue weighted by Crippen LogP contribution is -2.57. The molecule has 0 amide bonds. The maximum Gasteiger partial charge on any atom is 0.0193 e. The van der Waals surface area contributed by atoms with E-state index >= 15 is 0 Å². The molecule has 1 fully saturated rings. The topological polar surface area (TPSA) is 24.1 Å². The first kappa shape index (κ1) is 7.03. The van der Waals surface area contributed by atoms with E-state index in [1.54, 1.807) is 0 Å². The van der Waals surface area contributed by atoms with E-state index in [-0.39, 0.29) is 0 Å². The van der Waals surface area contributed by atoms with E-state index in [1.807, 2.05) is 0 Å². The number of rotatable bonds is 0. The van der Waals surface area contributed by atoms with Crippen molar-refractivity contribution < 1.29 is 0 Å². The van der Waals surface area contributed by atoms with Gasteiger partial charge in [0.15, 0.2) is 0 Å². The molecule has 1 heterocycles. The fourth-order valence-corrected chi connectivity index (χ4v) is 1.19. The van der Waals surface area contributed by atoms with Gasteiger partial charge in [0, 0.05) is 24.7 Å². The van der Waals surface area contributed by atoms with Crippen LogP contribution in [-0.4, -0.2) is 24.7 Å². The van der Waals surface area contributed by atoms with Gasteiger partial charge in [0.25, 0.3) is 0 Å². The summed E-state index contributed by atoms with van der Waals surface area (Å²) in [6.45, 7) is 7.73. The van der Waals surface area contributed by atoms with Gasteiger partial charge >= 0.3 is 0 Å². The zero-order valence-corrected chi connectivity index (χ0v) is 6.44. The lowest BCUT2D eigenvalue weighted by Gasteiger charge is -2.32. The second kappa shape index (κ2) is 2.67. The Hall–Kier alpha value is -0.0800. The van der Waals surface area contributed by atoms with Gasteiger partial charge in [-0.15, -0.1) is 0 Å². The minimum Gasteiger partial charge on any atom is -0.311 e. The molecule has 1 aliphatic heterocycles. The Labute approximate surface area is 57.0 Å². The Bertz CT molecular complexity index is 92.9. The van der Waals surface area contributed by atoms with Crippen LogP contribution in [0.15, 0.2) is 0 Å². The fourth-order valence-electron chi connectivity index (χ4n) is 1.19. The molecule has 0 spiro atoms. The van der Waals surface area contributed by atoms with Crippen molar-refractivity contribution >= 4 is 0 Å². The van der Waals surface area contributed by atoms with Gasteiger partial charge in [0.2, 0.25) is 0 Å². The highest BCUT2D eigenvalue weighted by Crippen LogP contribution is 1.99. The molecule has 3 atom stereocenters. The third-order valence-corrected chi connectivity index (χ3v) is 2.04. The molecular formula is C7H16N2. The average molecular weight is 128 g/mol. The van der Waals surface area contributed by atoms with E-state index in [9.17, 15) is 0 Å². The molecule has 0 aromatic heterocycles. The normalized spacial score (nSPS) is 45.0. The smallest absolute Gasteiger partial charge is 0.0193 e. The molecule has 0 saturated carbocycles. The van der Waals surface area contributed by atoms with Gasteiger partial charge < -0.3 is 10.6 Å². The van der Waals surface area contributed by atoms with Crippen molar-refractivity contribution in [3.63, 3.8) is 0 Å². The first-order valence-electron chi connectivity index (χ1n) is 3.69. The van der Waals surface area contributed by atoms with Crippen LogP contribution in [0.25, 0.3) is 0 Å². The van der Waals surface area contributed by atoms with Crippen LogP contribution in [0.3, 0.4) is 0 Å². The van der Waals surface area contributed by atoms with Crippen molar-refractivity contribution in [1.82, 2.24) is 10.6 Å². The van der Waals surface area contributed by atoms with Gasteiger partial charge in [-0.2, -0.15) is 0 Å². The van der Waals surface area contributed by atoms with Crippen molar-refractivity contribution in [3.8, 4) is 0 Å². The molecule has 0 aromatic rings. The summed E-state index contributed by atoms with van der Waals surface area (Å²) < 4.78 is 0. The molecule has 2 heteroatoms. The van der Waals surface area contributed by atoms with Crippen molar-refractivity contribution in [3.05, 3.63) is 0 Å². The summed E-state index contributed by atoms with van der Waals surface area (Å²) >= 11 is 0. The molecule has 1 rings (SSSR count). The summed E-state index contributed by atoms with van der Waals surface area (Å²) in [6, 6.07) is 1.88. The highest BCUT2D eigenvalue weighted by Gasteiger charge is 2.18. The van der Waals surface area contributed by atoms with E-state index < -0.39 is 0 Å². The van der Waals surface area contributed by atoms with Crippen LogP contribution in [0.4, 0.5) is 0 Å². The highest BCUT2D eigenvalue weighted by molar-refractivity contribution is 4.84. The molecule has 2 nitrogen and oxygen atoms in total. The van der Waals surface area contributed by atoms with E-state index in [0.717, 1.165) is 6.54 Å². The first-order chi connectivity index (χ1) is 4.20. The molecule has 2 N–H and O–H groups in total. The van der Waals surface area contributed by atoms with E-state index in [0.29, 0.717) is 18.1 Å². The van der Waals surface area contributed by atoms with E-state index in [1.165, 1.54) is 0 Å². The Morgan fingerprint density at radius 2 is 1.78 bits per heavy atom. The van der Waals surface area contributed by atoms with Crippen LogP contribution in [0.1, 0.15) is 20.8 Å². The summed E-state index contributed by atoms with van der Waals surface area (Å²) in [4.78, 5) is 0. The molecule has 0 aromatic carbocycles. The first-order valence-corrected chi connectivity index (χ1v) is 3.69. The predicted octanol–water partition coefficient (Wildman–Crippen LogP) is 0.345. The van der Waals surface area contributed by atoms with Gasteiger partial charge in [0.1, 0.15) is 0 Å². The third-order valence-electron chi connectivity index (χ3n) is 2.04. The molecule has 0 bridgehead atoms. The second-order valence-electron chi connectivity index (χ2n) is 3.05. The largest absolute Gasteiger partial charge is 0.311 e. The molecule has 9 heavy (non-hydrogen) atoms. The molecule has 0 radical (unpaired) electrons. The van der Waals surface area contributed by atoms with Gasteiger partial charge in [-0.3, -0.25) is 0 Å². The number of hydrogen-bond acceptors (Lipinski definition) is 2. The number of hydrogen-bond donors (Lipinski definition) is 2. The van der Waals surface area contributed by atoms with Crippen LogP contribution in [0.5, 0.6) is 0 Å². The number of piperazine rings is 1. The molecule has 1 saturated heterocycles. The van der Waals surface area contributed by atoms with Gasteiger partial charge in [0.05, 0.1) is 0 Å². The summed E-state index contributed by atoms with van der Waals surface area (Å²) in [5, 5.41) is 6.89. The van der Waals surface area contributed by atoms with Crippen LogP contribution >= 0.6 is 0 Å². The minimum atomic E-state index is 0.619. The quantitative estimate of drug-likeness (QED) is 0.492. The standard InChI is InChI=1S/C7H16N2/c1-5-4-8-6(2)7(3)9-5/h5-9H,4H2,1-3H3/t5-,6+,7+/m1/s1. The van der Waals surface area contributed by atoms with E-state index in [4.69, 9.17) is 0 Å². The number of nitrogens with one attached hydrogen (secondary N) is 2. The Balaban J connectivity index is 2.35. The van der Waals surface area contributed by atoms with Crippen LogP contribution in [0, 0.1) is 0 Å². The summed E-state index contributed by atoms with van der Waals surface area (Å²) in [5.74, 6) is 0. The van der Waals surface area contributed by atoms with Crippen LogP contribution < -0.4 is 10.6 Å². The average Bonchev–Trinajstić information content (AvgIpc) is 1.80. The maximum atomic E-state index is 3.47. The lowest BCUT2D eigenvalue weighted by molar-refractivity contribution is 0.305.